The zero-order valence-corrected chi connectivity index (χ0v) is 18.2. The minimum atomic E-state index is -0.931. The third-order valence-electron chi connectivity index (χ3n) is 4.48. The van der Waals surface area contributed by atoms with Gasteiger partial charge in [0.25, 0.3) is 11.5 Å². The highest BCUT2D eigenvalue weighted by Gasteiger charge is 2.26. The second-order valence-corrected chi connectivity index (χ2v) is 7.48. The number of carbonyl (C=O) groups is 1. The maximum atomic E-state index is 13.8. The van der Waals surface area contributed by atoms with E-state index in [1.165, 1.54) is 30.6 Å². The number of amides is 1. The Bertz CT molecular complexity index is 1360. The molecule has 0 spiro atoms. The van der Waals surface area contributed by atoms with Crippen LogP contribution in [0, 0.1) is 17.1 Å². The van der Waals surface area contributed by atoms with Gasteiger partial charge in [-0.05, 0) is 30.2 Å². The van der Waals surface area contributed by atoms with Crippen LogP contribution in [-0.4, -0.2) is 26.6 Å². The Kier molecular flexibility index (Phi) is 7.08. The molecular formula is C21H16Cl2FN5O3. The van der Waals surface area contributed by atoms with Gasteiger partial charge in [0.1, 0.15) is 18.1 Å². The highest BCUT2D eigenvalue weighted by Crippen LogP contribution is 2.25. The lowest BCUT2D eigenvalue weighted by Gasteiger charge is -2.18. The maximum Gasteiger partial charge on any atom is 0.337 e. The van der Waals surface area contributed by atoms with Crippen molar-refractivity contribution < 1.29 is 9.18 Å². The molecular weight excluding hydrogens is 460 g/mol. The molecule has 32 heavy (non-hydrogen) atoms. The molecule has 3 aromatic rings. The van der Waals surface area contributed by atoms with E-state index in [2.05, 4.69) is 10.3 Å². The molecule has 0 unspecified atom stereocenters. The van der Waals surface area contributed by atoms with E-state index >= 15 is 0 Å². The van der Waals surface area contributed by atoms with Crippen molar-refractivity contribution in [2.75, 3.05) is 6.54 Å². The predicted molar refractivity (Wildman–Crippen MR) is 118 cm³/mol. The van der Waals surface area contributed by atoms with Crippen LogP contribution in [0.2, 0.25) is 10.0 Å². The molecule has 8 nitrogen and oxygen atoms in total. The minimum Gasteiger partial charge on any atom is -0.351 e. The average Bonchev–Trinajstić information content (AvgIpc) is 2.76. The highest BCUT2D eigenvalue weighted by molar-refractivity contribution is 6.31. The van der Waals surface area contributed by atoms with Gasteiger partial charge in [0.05, 0.1) is 33.6 Å². The van der Waals surface area contributed by atoms with Gasteiger partial charge in [-0.2, -0.15) is 5.26 Å². The number of hydrogen-bond acceptors (Lipinski definition) is 5. The molecule has 1 amide bonds. The summed E-state index contributed by atoms with van der Waals surface area (Å²) in [4.78, 5) is 43.6. The van der Waals surface area contributed by atoms with Gasteiger partial charge in [-0.3, -0.25) is 19.1 Å². The molecule has 0 saturated carbocycles. The van der Waals surface area contributed by atoms with Crippen molar-refractivity contribution in [3.8, 4) is 22.9 Å². The molecule has 0 saturated heterocycles. The lowest BCUT2D eigenvalue weighted by Crippen LogP contribution is -2.44. The Morgan fingerprint density at radius 3 is 2.62 bits per heavy atom. The summed E-state index contributed by atoms with van der Waals surface area (Å²) in [6.45, 7) is 1.57. The van der Waals surface area contributed by atoms with E-state index in [1.807, 2.05) is 13.0 Å². The molecule has 3 rings (SSSR count). The van der Waals surface area contributed by atoms with E-state index in [9.17, 15) is 24.0 Å². The zero-order valence-electron chi connectivity index (χ0n) is 16.7. The quantitative estimate of drug-likeness (QED) is 0.588. The lowest BCUT2D eigenvalue weighted by atomic mass is 10.0. The largest absolute Gasteiger partial charge is 0.351 e. The third kappa shape index (κ3) is 4.42. The number of hydrogen-bond donors (Lipinski definition) is 1. The summed E-state index contributed by atoms with van der Waals surface area (Å²) in [5.41, 5.74) is -2.23. The van der Waals surface area contributed by atoms with Crippen LogP contribution in [0.3, 0.4) is 0 Å². The fourth-order valence-corrected chi connectivity index (χ4v) is 3.44. The first kappa shape index (κ1) is 23.2. The molecule has 2 aromatic heterocycles. The van der Waals surface area contributed by atoms with E-state index in [4.69, 9.17) is 23.2 Å². The fourth-order valence-electron chi connectivity index (χ4n) is 3.09. The number of aromatic nitrogens is 3. The Balaban J connectivity index is 2.49. The summed E-state index contributed by atoms with van der Waals surface area (Å²) < 4.78 is 15.4. The fraction of sp³-hybridized carbons (Fsp3) is 0.190. The average molecular weight is 476 g/mol. The summed E-state index contributed by atoms with van der Waals surface area (Å²) >= 11 is 11.9. The van der Waals surface area contributed by atoms with Gasteiger partial charge >= 0.3 is 5.69 Å². The minimum absolute atomic E-state index is 0.0363. The zero-order chi connectivity index (χ0) is 23.4. The van der Waals surface area contributed by atoms with Gasteiger partial charge in [-0.25, -0.2) is 13.8 Å². The molecule has 0 aliphatic rings. The Labute approximate surface area is 191 Å². The first-order valence-corrected chi connectivity index (χ1v) is 10.2. The van der Waals surface area contributed by atoms with Crippen molar-refractivity contribution in [1.29, 1.82) is 5.26 Å². The van der Waals surface area contributed by atoms with Crippen LogP contribution in [0.25, 0.3) is 16.8 Å². The molecule has 0 aliphatic heterocycles. The topological polar surface area (TPSA) is 110 Å². The van der Waals surface area contributed by atoms with Gasteiger partial charge in [0.2, 0.25) is 0 Å². The van der Waals surface area contributed by atoms with E-state index in [0.717, 1.165) is 15.2 Å². The maximum absolute atomic E-state index is 13.8. The molecule has 11 heteroatoms. The van der Waals surface area contributed by atoms with Crippen LogP contribution < -0.4 is 16.6 Å². The van der Waals surface area contributed by atoms with Crippen molar-refractivity contribution in [2.45, 2.75) is 19.9 Å². The third-order valence-corrected chi connectivity index (χ3v) is 4.98. The molecule has 0 fully saturated rings. The van der Waals surface area contributed by atoms with Gasteiger partial charge in [-0.15, -0.1) is 0 Å². The smallest absolute Gasteiger partial charge is 0.337 e. The SMILES string of the molecule is CCCNC(=O)c1c(-c2ccc(F)c(Cl)c2)c(=O)n(-c2cncc(Cl)c2)c(=O)n1CC#N. The van der Waals surface area contributed by atoms with Crippen LogP contribution in [0.15, 0.2) is 46.2 Å². The van der Waals surface area contributed by atoms with Gasteiger partial charge in [-0.1, -0.05) is 36.2 Å². The van der Waals surface area contributed by atoms with E-state index in [-0.39, 0.29) is 39.1 Å². The van der Waals surface area contributed by atoms with Gasteiger partial charge in [0.15, 0.2) is 0 Å². The number of rotatable bonds is 6. The van der Waals surface area contributed by atoms with E-state index in [0.29, 0.717) is 6.42 Å². The van der Waals surface area contributed by atoms with Crippen LogP contribution in [0.5, 0.6) is 0 Å². The van der Waals surface area contributed by atoms with Crippen LogP contribution in [0.1, 0.15) is 23.8 Å². The molecule has 164 valence electrons. The van der Waals surface area contributed by atoms with Crippen molar-refractivity contribution in [1.82, 2.24) is 19.4 Å². The lowest BCUT2D eigenvalue weighted by molar-refractivity contribution is 0.0943. The number of nitrogens with zero attached hydrogens (tertiary/aromatic N) is 4. The van der Waals surface area contributed by atoms with E-state index in [1.54, 1.807) is 0 Å². The number of nitrogens with one attached hydrogen (secondary N) is 1. The van der Waals surface area contributed by atoms with Gasteiger partial charge in [0, 0.05) is 12.7 Å². The Hall–Kier alpha value is -3.48. The molecule has 0 bridgehead atoms. The van der Waals surface area contributed by atoms with Crippen molar-refractivity contribution in [3.05, 3.63) is 79.1 Å². The number of benzene rings is 1. The second-order valence-electron chi connectivity index (χ2n) is 6.64. The molecule has 0 aliphatic carbocycles. The molecule has 0 atom stereocenters. The first-order valence-electron chi connectivity index (χ1n) is 9.41. The summed E-state index contributed by atoms with van der Waals surface area (Å²) in [5.74, 6) is -1.46. The molecule has 1 N–H and O–H groups in total. The Morgan fingerprint density at radius 1 is 1.25 bits per heavy atom. The summed E-state index contributed by atoms with van der Waals surface area (Å²) in [6, 6.07) is 6.63. The van der Waals surface area contributed by atoms with Crippen molar-refractivity contribution >= 4 is 29.1 Å². The summed E-state index contributed by atoms with van der Waals surface area (Å²) in [5, 5.41) is 11.8. The van der Waals surface area contributed by atoms with Gasteiger partial charge < -0.3 is 5.32 Å². The van der Waals surface area contributed by atoms with E-state index < -0.39 is 29.5 Å². The number of carbonyl (C=O) groups excluding carboxylic acids is 1. The summed E-state index contributed by atoms with van der Waals surface area (Å²) in [6.07, 6.45) is 3.15. The monoisotopic (exact) mass is 475 g/mol. The van der Waals surface area contributed by atoms with Crippen LogP contribution in [-0.2, 0) is 6.54 Å². The number of pyridine rings is 1. The second kappa shape index (κ2) is 9.77. The van der Waals surface area contributed by atoms with Crippen LogP contribution in [0.4, 0.5) is 4.39 Å². The highest BCUT2D eigenvalue weighted by atomic mass is 35.5. The first-order chi connectivity index (χ1) is 15.3. The van der Waals surface area contributed by atoms with Crippen molar-refractivity contribution in [2.24, 2.45) is 0 Å². The standard InChI is InChI=1S/C21H16Cl2FN5O3/c1-2-6-27-19(30)18-17(12-3-4-16(24)15(23)8-12)20(31)29(21(32)28(18)7-5-25)14-9-13(22)10-26-11-14/h3-4,8-11H,2,6-7H2,1H3,(H,27,30). The summed E-state index contributed by atoms with van der Waals surface area (Å²) in [7, 11) is 0. The molecule has 0 radical (unpaired) electrons. The number of nitriles is 1. The Morgan fingerprint density at radius 2 is 2.00 bits per heavy atom. The number of halogens is 3. The molecule has 1 aromatic carbocycles. The molecule has 2 heterocycles. The van der Waals surface area contributed by atoms with Crippen molar-refractivity contribution in [3.63, 3.8) is 0 Å². The van der Waals surface area contributed by atoms with Crippen LogP contribution >= 0.6 is 23.2 Å². The normalized spacial score (nSPS) is 10.6. The predicted octanol–water partition coefficient (Wildman–Crippen LogP) is 3.17.